The average Bonchev–Trinajstić information content (AvgIpc) is 2.57. The van der Waals surface area contributed by atoms with Gasteiger partial charge in [-0.05, 0) is 49.2 Å². The van der Waals surface area contributed by atoms with Crippen molar-refractivity contribution in [1.29, 1.82) is 0 Å². The minimum absolute atomic E-state index is 0.100. The van der Waals surface area contributed by atoms with Gasteiger partial charge in [0.25, 0.3) is 5.91 Å². The Labute approximate surface area is 146 Å². The summed E-state index contributed by atoms with van der Waals surface area (Å²) in [7, 11) is 0. The molecule has 0 bridgehead atoms. The molecule has 0 atom stereocenters. The molecule has 126 valence electrons. The van der Waals surface area contributed by atoms with Gasteiger partial charge >= 0.3 is 0 Å². The van der Waals surface area contributed by atoms with Gasteiger partial charge in [-0.2, -0.15) is 0 Å². The highest BCUT2D eigenvalue weighted by molar-refractivity contribution is 6.34. The van der Waals surface area contributed by atoms with Gasteiger partial charge in [-0.25, -0.2) is 4.39 Å². The van der Waals surface area contributed by atoms with Crippen LogP contribution < -0.4 is 10.6 Å². The van der Waals surface area contributed by atoms with E-state index in [1.165, 1.54) is 50.3 Å². The van der Waals surface area contributed by atoms with E-state index >= 15 is 0 Å². The summed E-state index contributed by atoms with van der Waals surface area (Å²) in [5, 5.41) is 6.30. The van der Waals surface area contributed by atoms with Crippen LogP contribution in [0.3, 0.4) is 0 Å². The number of carbonyl (C=O) groups is 1. The lowest BCUT2D eigenvalue weighted by molar-refractivity contribution is 0.102. The second kappa shape index (κ2) is 7.67. The van der Waals surface area contributed by atoms with Gasteiger partial charge < -0.3 is 10.6 Å². The molecular weight excluding hydrogens is 327 g/mol. The van der Waals surface area contributed by atoms with Crippen LogP contribution in [0.5, 0.6) is 0 Å². The molecule has 2 aromatic rings. The molecule has 5 heteroatoms. The van der Waals surface area contributed by atoms with Crippen LogP contribution >= 0.6 is 11.6 Å². The molecule has 0 spiro atoms. The Balaban J connectivity index is 1.64. The Kier molecular flexibility index (Phi) is 5.36. The summed E-state index contributed by atoms with van der Waals surface area (Å²) in [4.78, 5) is 12.2. The second-order valence-electron chi connectivity index (χ2n) is 6.11. The Morgan fingerprint density at radius 3 is 2.33 bits per heavy atom. The van der Waals surface area contributed by atoms with Crippen molar-refractivity contribution in [3.05, 3.63) is 58.9 Å². The van der Waals surface area contributed by atoms with Crippen molar-refractivity contribution >= 4 is 28.9 Å². The molecule has 1 amide bonds. The van der Waals surface area contributed by atoms with E-state index in [1.807, 2.05) is 12.1 Å². The molecule has 0 radical (unpaired) electrons. The number of anilines is 2. The van der Waals surface area contributed by atoms with Crippen LogP contribution in [0.25, 0.3) is 0 Å². The predicted octanol–water partition coefficient (Wildman–Crippen LogP) is 5.48. The lowest BCUT2D eigenvalue weighted by Crippen LogP contribution is -2.22. The molecule has 3 rings (SSSR count). The zero-order chi connectivity index (χ0) is 16.9. The van der Waals surface area contributed by atoms with Crippen molar-refractivity contribution in [2.45, 2.75) is 38.1 Å². The second-order valence-corrected chi connectivity index (χ2v) is 6.51. The third-order valence-corrected chi connectivity index (χ3v) is 4.62. The number of amides is 1. The van der Waals surface area contributed by atoms with Crippen LogP contribution in [0.2, 0.25) is 5.02 Å². The Morgan fingerprint density at radius 2 is 1.67 bits per heavy atom. The van der Waals surface area contributed by atoms with Crippen LogP contribution in [0.4, 0.5) is 15.8 Å². The van der Waals surface area contributed by atoms with Gasteiger partial charge in [-0.3, -0.25) is 4.79 Å². The Bertz CT molecular complexity index is 692. The SMILES string of the molecule is O=C(Nc1ccc(NC2CCCCC2)cc1)c1c(F)cccc1Cl. The molecule has 1 aliphatic carbocycles. The minimum atomic E-state index is -0.629. The van der Waals surface area contributed by atoms with E-state index in [2.05, 4.69) is 10.6 Å². The minimum Gasteiger partial charge on any atom is -0.382 e. The van der Waals surface area contributed by atoms with Crippen LogP contribution in [-0.2, 0) is 0 Å². The molecular formula is C19H20ClFN2O. The van der Waals surface area contributed by atoms with E-state index in [9.17, 15) is 9.18 Å². The van der Waals surface area contributed by atoms with Crippen molar-refractivity contribution < 1.29 is 9.18 Å². The maximum atomic E-state index is 13.8. The van der Waals surface area contributed by atoms with Crippen LogP contribution in [0, 0.1) is 5.82 Å². The summed E-state index contributed by atoms with van der Waals surface area (Å²) in [6.45, 7) is 0. The molecule has 0 aromatic heterocycles. The number of hydrogen-bond acceptors (Lipinski definition) is 2. The molecule has 0 aliphatic heterocycles. The summed E-state index contributed by atoms with van der Waals surface area (Å²) in [6, 6.07) is 12.2. The zero-order valence-corrected chi connectivity index (χ0v) is 14.1. The number of rotatable bonds is 4. The summed E-state index contributed by atoms with van der Waals surface area (Å²) >= 11 is 5.91. The number of halogens is 2. The first-order valence-electron chi connectivity index (χ1n) is 8.25. The molecule has 0 unspecified atom stereocenters. The van der Waals surface area contributed by atoms with Crippen LogP contribution in [-0.4, -0.2) is 11.9 Å². The first-order chi connectivity index (χ1) is 11.6. The first-order valence-corrected chi connectivity index (χ1v) is 8.63. The normalized spacial score (nSPS) is 15.1. The molecule has 2 aromatic carbocycles. The van der Waals surface area contributed by atoms with Crippen molar-refractivity contribution in [3.8, 4) is 0 Å². The summed E-state index contributed by atoms with van der Waals surface area (Å²) in [5.74, 6) is -1.18. The molecule has 3 nitrogen and oxygen atoms in total. The number of hydrogen-bond donors (Lipinski definition) is 2. The molecule has 1 aliphatic rings. The van der Waals surface area contributed by atoms with Gasteiger partial charge in [0.15, 0.2) is 0 Å². The molecule has 1 fully saturated rings. The molecule has 24 heavy (non-hydrogen) atoms. The highest BCUT2D eigenvalue weighted by Crippen LogP contribution is 2.24. The first kappa shape index (κ1) is 16.8. The summed E-state index contributed by atoms with van der Waals surface area (Å²) in [6.07, 6.45) is 6.26. The standard InChI is InChI=1S/C19H20ClFN2O/c20-16-7-4-8-17(21)18(16)19(24)23-15-11-9-14(10-12-15)22-13-5-2-1-3-6-13/h4,7-13,22H,1-3,5-6H2,(H,23,24). The van der Waals surface area contributed by atoms with Gasteiger partial charge in [-0.15, -0.1) is 0 Å². The monoisotopic (exact) mass is 346 g/mol. The smallest absolute Gasteiger partial charge is 0.260 e. The fourth-order valence-corrected chi connectivity index (χ4v) is 3.29. The van der Waals surface area contributed by atoms with Gasteiger partial charge in [0.05, 0.1) is 10.6 Å². The molecule has 2 N–H and O–H groups in total. The predicted molar refractivity (Wildman–Crippen MR) is 96.3 cm³/mol. The average molecular weight is 347 g/mol. The largest absolute Gasteiger partial charge is 0.382 e. The van der Waals surface area contributed by atoms with Crippen molar-refractivity contribution in [3.63, 3.8) is 0 Å². The number of nitrogens with one attached hydrogen (secondary N) is 2. The molecule has 0 saturated heterocycles. The highest BCUT2D eigenvalue weighted by Gasteiger charge is 2.16. The van der Waals surface area contributed by atoms with E-state index in [-0.39, 0.29) is 10.6 Å². The quantitative estimate of drug-likeness (QED) is 0.770. The highest BCUT2D eigenvalue weighted by atomic mass is 35.5. The van der Waals surface area contributed by atoms with Gasteiger partial charge in [0, 0.05) is 17.4 Å². The fraction of sp³-hybridized carbons (Fsp3) is 0.316. The van der Waals surface area contributed by atoms with Crippen molar-refractivity contribution in [1.82, 2.24) is 0 Å². The Hall–Kier alpha value is -2.07. The van der Waals surface area contributed by atoms with Gasteiger partial charge in [-0.1, -0.05) is 36.9 Å². The maximum Gasteiger partial charge on any atom is 0.260 e. The van der Waals surface area contributed by atoms with E-state index in [4.69, 9.17) is 11.6 Å². The fourth-order valence-electron chi connectivity index (χ4n) is 3.04. The third-order valence-electron chi connectivity index (χ3n) is 4.31. The lowest BCUT2D eigenvalue weighted by atomic mass is 9.95. The number of benzene rings is 2. The zero-order valence-electron chi connectivity index (χ0n) is 13.3. The maximum absolute atomic E-state index is 13.8. The van der Waals surface area contributed by atoms with Crippen molar-refractivity contribution in [2.75, 3.05) is 10.6 Å². The van der Waals surface area contributed by atoms with E-state index < -0.39 is 11.7 Å². The Morgan fingerprint density at radius 1 is 1.00 bits per heavy atom. The van der Waals surface area contributed by atoms with E-state index in [0.29, 0.717) is 11.7 Å². The van der Waals surface area contributed by atoms with Crippen LogP contribution in [0.15, 0.2) is 42.5 Å². The van der Waals surface area contributed by atoms with E-state index in [0.717, 1.165) is 5.69 Å². The van der Waals surface area contributed by atoms with Gasteiger partial charge in [0.1, 0.15) is 5.82 Å². The van der Waals surface area contributed by atoms with Gasteiger partial charge in [0.2, 0.25) is 0 Å². The molecule has 1 saturated carbocycles. The van der Waals surface area contributed by atoms with E-state index in [1.54, 1.807) is 12.1 Å². The molecule has 0 heterocycles. The van der Waals surface area contributed by atoms with Crippen molar-refractivity contribution in [2.24, 2.45) is 0 Å². The summed E-state index contributed by atoms with van der Waals surface area (Å²) < 4.78 is 13.8. The summed E-state index contributed by atoms with van der Waals surface area (Å²) in [5.41, 5.74) is 1.50. The number of carbonyl (C=O) groups excluding carboxylic acids is 1. The van der Waals surface area contributed by atoms with Crippen LogP contribution in [0.1, 0.15) is 42.5 Å². The third kappa shape index (κ3) is 4.06. The lowest BCUT2D eigenvalue weighted by Gasteiger charge is -2.23. The topological polar surface area (TPSA) is 41.1 Å².